The van der Waals surface area contributed by atoms with Crippen molar-refractivity contribution in [3.63, 3.8) is 0 Å². The van der Waals surface area contributed by atoms with E-state index >= 15 is 0 Å². The first-order chi connectivity index (χ1) is 10.2. The molecule has 110 valence electrons. The van der Waals surface area contributed by atoms with Crippen molar-refractivity contribution in [2.45, 2.75) is 40.2 Å². The van der Waals surface area contributed by atoms with Gasteiger partial charge in [0.25, 0.3) is 0 Å². The second-order valence-corrected chi connectivity index (χ2v) is 5.07. The standard InChI is InChI=1S/C16H21N5/c1-4-16-19-7-9-21(16)8-5-6-18-15-10-12(2)14(11-17)13(3)20-15/h7,9-10H,4-6,8H2,1-3H3,(H,18,20). The van der Waals surface area contributed by atoms with E-state index in [0.29, 0.717) is 5.56 Å². The molecule has 2 rings (SSSR count). The Kier molecular flexibility index (Phi) is 4.94. The largest absolute Gasteiger partial charge is 0.370 e. The van der Waals surface area contributed by atoms with Gasteiger partial charge in [-0.2, -0.15) is 5.26 Å². The van der Waals surface area contributed by atoms with Gasteiger partial charge in [0.1, 0.15) is 17.7 Å². The third-order valence-electron chi connectivity index (χ3n) is 3.51. The molecule has 1 N–H and O–H groups in total. The van der Waals surface area contributed by atoms with Crippen LogP contribution in [0.5, 0.6) is 0 Å². The molecule has 2 aromatic rings. The molecular formula is C16H21N5. The zero-order valence-electron chi connectivity index (χ0n) is 12.8. The molecule has 0 fully saturated rings. The molecule has 0 amide bonds. The Labute approximate surface area is 125 Å². The van der Waals surface area contributed by atoms with E-state index in [9.17, 15) is 0 Å². The Morgan fingerprint density at radius 1 is 1.38 bits per heavy atom. The Morgan fingerprint density at radius 2 is 2.19 bits per heavy atom. The van der Waals surface area contributed by atoms with Crippen LogP contribution in [0.15, 0.2) is 18.5 Å². The van der Waals surface area contributed by atoms with Gasteiger partial charge in [-0.3, -0.25) is 0 Å². The van der Waals surface area contributed by atoms with E-state index in [4.69, 9.17) is 5.26 Å². The van der Waals surface area contributed by atoms with Crippen molar-refractivity contribution in [1.82, 2.24) is 14.5 Å². The van der Waals surface area contributed by atoms with Crippen LogP contribution in [0.4, 0.5) is 5.82 Å². The van der Waals surface area contributed by atoms with Gasteiger partial charge in [0.15, 0.2) is 0 Å². The Morgan fingerprint density at radius 3 is 2.86 bits per heavy atom. The third kappa shape index (κ3) is 3.60. The number of nitrogens with one attached hydrogen (secondary N) is 1. The predicted octanol–water partition coefficient (Wildman–Crippen LogP) is 2.83. The molecule has 0 unspecified atom stereocenters. The van der Waals surface area contributed by atoms with E-state index in [0.717, 1.165) is 48.8 Å². The van der Waals surface area contributed by atoms with Crippen LogP contribution in [0, 0.1) is 25.2 Å². The lowest BCUT2D eigenvalue weighted by Crippen LogP contribution is -2.10. The summed E-state index contributed by atoms with van der Waals surface area (Å²) in [7, 11) is 0. The number of aryl methyl sites for hydroxylation is 4. The second kappa shape index (κ2) is 6.89. The lowest BCUT2D eigenvalue weighted by atomic mass is 10.1. The van der Waals surface area contributed by atoms with Crippen LogP contribution in [0.1, 0.15) is 36.0 Å². The Balaban J connectivity index is 1.88. The van der Waals surface area contributed by atoms with Gasteiger partial charge in [-0.15, -0.1) is 0 Å². The zero-order chi connectivity index (χ0) is 15.2. The van der Waals surface area contributed by atoms with Gasteiger partial charge in [0, 0.05) is 31.9 Å². The average molecular weight is 283 g/mol. The highest BCUT2D eigenvalue weighted by Gasteiger charge is 2.05. The highest BCUT2D eigenvalue weighted by molar-refractivity contribution is 5.48. The fraction of sp³-hybridized carbons (Fsp3) is 0.438. The topological polar surface area (TPSA) is 66.5 Å². The monoisotopic (exact) mass is 283 g/mol. The normalized spacial score (nSPS) is 10.4. The minimum atomic E-state index is 0.673. The van der Waals surface area contributed by atoms with Gasteiger partial charge in [0.05, 0.1) is 11.3 Å². The smallest absolute Gasteiger partial charge is 0.126 e. The Hall–Kier alpha value is -2.35. The van der Waals surface area contributed by atoms with E-state index in [1.807, 2.05) is 32.3 Å². The molecule has 0 saturated carbocycles. The summed E-state index contributed by atoms with van der Waals surface area (Å²) in [6, 6.07) is 4.12. The quantitative estimate of drug-likeness (QED) is 0.828. The highest BCUT2D eigenvalue weighted by atomic mass is 15.1. The number of hydrogen-bond acceptors (Lipinski definition) is 4. The van der Waals surface area contributed by atoms with Crippen LogP contribution < -0.4 is 5.32 Å². The van der Waals surface area contributed by atoms with Crippen molar-refractivity contribution < 1.29 is 0 Å². The van der Waals surface area contributed by atoms with Crippen LogP contribution in [-0.2, 0) is 13.0 Å². The van der Waals surface area contributed by atoms with Gasteiger partial charge < -0.3 is 9.88 Å². The Bertz CT molecular complexity index is 628. The molecule has 0 spiro atoms. The van der Waals surface area contributed by atoms with Gasteiger partial charge in [-0.25, -0.2) is 9.97 Å². The lowest BCUT2D eigenvalue weighted by molar-refractivity contribution is 0.628. The predicted molar refractivity (Wildman–Crippen MR) is 83.1 cm³/mol. The zero-order valence-corrected chi connectivity index (χ0v) is 12.8. The van der Waals surface area contributed by atoms with E-state index in [1.54, 1.807) is 0 Å². The molecule has 0 aliphatic heterocycles. The van der Waals surface area contributed by atoms with Crippen molar-refractivity contribution >= 4 is 5.82 Å². The van der Waals surface area contributed by atoms with Crippen molar-refractivity contribution in [3.8, 4) is 6.07 Å². The first kappa shape index (κ1) is 15.0. The van der Waals surface area contributed by atoms with Crippen molar-refractivity contribution in [2.75, 3.05) is 11.9 Å². The fourth-order valence-electron chi connectivity index (χ4n) is 2.41. The first-order valence-electron chi connectivity index (χ1n) is 7.28. The molecule has 0 saturated heterocycles. The average Bonchev–Trinajstić information content (AvgIpc) is 2.91. The number of aromatic nitrogens is 3. The molecule has 0 bridgehead atoms. The van der Waals surface area contributed by atoms with Crippen molar-refractivity contribution in [3.05, 3.63) is 41.1 Å². The van der Waals surface area contributed by atoms with Crippen molar-refractivity contribution in [2.24, 2.45) is 0 Å². The molecule has 0 aliphatic carbocycles. The van der Waals surface area contributed by atoms with Crippen LogP contribution in [0.3, 0.4) is 0 Å². The maximum atomic E-state index is 9.04. The molecular weight excluding hydrogens is 262 g/mol. The minimum Gasteiger partial charge on any atom is -0.370 e. The summed E-state index contributed by atoms with van der Waals surface area (Å²) in [6.45, 7) is 7.72. The van der Waals surface area contributed by atoms with Crippen molar-refractivity contribution in [1.29, 1.82) is 5.26 Å². The van der Waals surface area contributed by atoms with Crippen LogP contribution in [0.2, 0.25) is 0 Å². The number of nitriles is 1. The minimum absolute atomic E-state index is 0.673. The first-order valence-corrected chi connectivity index (χ1v) is 7.28. The number of pyridine rings is 1. The number of hydrogen-bond donors (Lipinski definition) is 1. The van der Waals surface area contributed by atoms with E-state index in [1.165, 1.54) is 0 Å². The van der Waals surface area contributed by atoms with Crippen LogP contribution in [-0.4, -0.2) is 21.1 Å². The maximum Gasteiger partial charge on any atom is 0.126 e. The molecule has 2 aromatic heterocycles. The summed E-state index contributed by atoms with van der Waals surface area (Å²) in [6.07, 6.45) is 5.83. The number of anilines is 1. The SMILES string of the molecule is CCc1nccn1CCCNc1cc(C)c(C#N)c(C)n1. The summed E-state index contributed by atoms with van der Waals surface area (Å²) in [5.74, 6) is 1.96. The third-order valence-corrected chi connectivity index (χ3v) is 3.51. The molecule has 21 heavy (non-hydrogen) atoms. The van der Waals surface area contributed by atoms with Crippen LogP contribution >= 0.6 is 0 Å². The second-order valence-electron chi connectivity index (χ2n) is 5.07. The van der Waals surface area contributed by atoms with Gasteiger partial charge >= 0.3 is 0 Å². The summed E-state index contributed by atoms with van der Waals surface area (Å²) < 4.78 is 2.18. The molecule has 2 heterocycles. The molecule has 0 aliphatic rings. The number of rotatable bonds is 6. The van der Waals surface area contributed by atoms with Gasteiger partial charge in [0.2, 0.25) is 0 Å². The van der Waals surface area contributed by atoms with Gasteiger partial charge in [-0.1, -0.05) is 6.92 Å². The van der Waals surface area contributed by atoms with Gasteiger partial charge in [-0.05, 0) is 31.9 Å². The highest BCUT2D eigenvalue weighted by Crippen LogP contribution is 2.15. The number of imidazole rings is 1. The lowest BCUT2D eigenvalue weighted by Gasteiger charge is -2.10. The summed E-state index contributed by atoms with van der Waals surface area (Å²) >= 11 is 0. The number of nitrogens with zero attached hydrogens (tertiary/aromatic N) is 4. The van der Waals surface area contributed by atoms with E-state index in [-0.39, 0.29) is 0 Å². The van der Waals surface area contributed by atoms with E-state index in [2.05, 4.69) is 32.8 Å². The van der Waals surface area contributed by atoms with Crippen LogP contribution in [0.25, 0.3) is 0 Å². The van der Waals surface area contributed by atoms with E-state index < -0.39 is 0 Å². The summed E-state index contributed by atoms with van der Waals surface area (Å²) in [4.78, 5) is 8.73. The molecule has 0 atom stereocenters. The summed E-state index contributed by atoms with van der Waals surface area (Å²) in [5.41, 5.74) is 2.42. The molecule has 0 radical (unpaired) electrons. The molecule has 5 heteroatoms. The maximum absolute atomic E-state index is 9.04. The molecule has 0 aromatic carbocycles. The summed E-state index contributed by atoms with van der Waals surface area (Å²) in [5, 5.41) is 12.4. The molecule has 5 nitrogen and oxygen atoms in total. The fourth-order valence-corrected chi connectivity index (χ4v) is 2.41.